The first-order valence-corrected chi connectivity index (χ1v) is 8.26. The molecule has 0 bridgehead atoms. The van der Waals surface area contributed by atoms with Crippen LogP contribution in [0.5, 0.6) is 0 Å². The molecule has 0 aliphatic heterocycles. The predicted octanol–water partition coefficient (Wildman–Crippen LogP) is 3.68. The Labute approximate surface area is 150 Å². The third-order valence-electron chi connectivity index (χ3n) is 3.27. The van der Waals surface area contributed by atoms with E-state index in [4.69, 9.17) is 9.84 Å². The normalized spacial score (nSPS) is 11.0. The lowest BCUT2D eigenvalue weighted by Gasteiger charge is -2.13. The van der Waals surface area contributed by atoms with E-state index in [0.29, 0.717) is 12.5 Å². The summed E-state index contributed by atoms with van der Waals surface area (Å²) < 4.78 is 9.33. The van der Waals surface area contributed by atoms with E-state index < -0.39 is 11.9 Å². The number of unbranched alkanes of at least 4 members (excludes halogenated alkanes) is 1. The number of carboxylic acids is 1. The van der Waals surface area contributed by atoms with E-state index in [0.717, 1.165) is 18.9 Å². The minimum atomic E-state index is -1.05. The van der Waals surface area contributed by atoms with Crippen LogP contribution in [0.2, 0.25) is 0 Å². The second-order valence-corrected chi connectivity index (χ2v) is 5.29. The Morgan fingerprint density at radius 1 is 1.24 bits per heavy atom. The summed E-state index contributed by atoms with van der Waals surface area (Å²) in [6.07, 6.45) is 8.33. The van der Waals surface area contributed by atoms with Gasteiger partial charge in [-0.1, -0.05) is 52.3 Å². The third-order valence-corrected chi connectivity index (χ3v) is 3.27. The molecule has 0 fully saturated rings. The molecule has 142 valence electrons. The van der Waals surface area contributed by atoms with Crippen molar-refractivity contribution in [1.82, 2.24) is 0 Å². The molecule has 0 heterocycles. The summed E-state index contributed by atoms with van der Waals surface area (Å²) in [6, 6.07) is 0. The summed E-state index contributed by atoms with van der Waals surface area (Å²) in [4.78, 5) is 31.4. The average Bonchev–Trinajstić information content (AvgIpc) is 2.60. The first-order valence-electron chi connectivity index (χ1n) is 8.26. The van der Waals surface area contributed by atoms with Crippen LogP contribution < -0.4 is 0 Å². The number of hydrogen-bond donors (Lipinski definition) is 1. The van der Waals surface area contributed by atoms with Gasteiger partial charge >= 0.3 is 17.9 Å². The number of carbonyl (C=O) groups is 3. The number of hydrogen-bond acceptors (Lipinski definition) is 5. The lowest BCUT2D eigenvalue weighted by molar-refractivity contribution is -0.139. The molecule has 0 saturated heterocycles. The highest BCUT2D eigenvalue weighted by Crippen LogP contribution is 2.12. The van der Waals surface area contributed by atoms with Gasteiger partial charge in [0.1, 0.15) is 0 Å². The Morgan fingerprint density at radius 2 is 1.88 bits per heavy atom. The average molecular weight is 354 g/mol. The maximum absolute atomic E-state index is 10.8. The van der Waals surface area contributed by atoms with Crippen LogP contribution in [0.3, 0.4) is 0 Å². The van der Waals surface area contributed by atoms with Crippen LogP contribution in [0.25, 0.3) is 0 Å². The van der Waals surface area contributed by atoms with Crippen LogP contribution >= 0.6 is 0 Å². The van der Waals surface area contributed by atoms with Crippen molar-refractivity contribution in [3.8, 4) is 0 Å². The van der Waals surface area contributed by atoms with Crippen LogP contribution in [0, 0.1) is 5.92 Å². The number of carboxylic acid groups (broad SMARTS) is 1. The summed E-state index contributed by atoms with van der Waals surface area (Å²) in [6.45, 7) is 11.6. The second-order valence-electron chi connectivity index (χ2n) is 5.29. The Morgan fingerprint density at radius 3 is 2.32 bits per heavy atom. The van der Waals surface area contributed by atoms with Gasteiger partial charge in [0.25, 0.3) is 0 Å². The minimum Gasteiger partial charge on any atom is -0.478 e. The van der Waals surface area contributed by atoms with E-state index in [-0.39, 0.29) is 18.0 Å². The van der Waals surface area contributed by atoms with Gasteiger partial charge in [-0.3, -0.25) is 0 Å². The van der Waals surface area contributed by atoms with Gasteiger partial charge in [0, 0.05) is 17.7 Å². The van der Waals surface area contributed by atoms with Gasteiger partial charge in [-0.05, 0) is 18.8 Å². The van der Waals surface area contributed by atoms with Crippen molar-refractivity contribution < 1.29 is 29.0 Å². The van der Waals surface area contributed by atoms with Crippen LogP contribution in [0.1, 0.15) is 46.0 Å². The van der Waals surface area contributed by atoms with Gasteiger partial charge < -0.3 is 14.6 Å². The molecule has 0 aromatic carbocycles. The fourth-order valence-electron chi connectivity index (χ4n) is 1.69. The Kier molecular flexibility index (Phi) is 16.4. The summed E-state index contributed by atoms with van der Waals surface area (Å²) in [7, 11) is 1.24. The molecule has 0 spiro atoms. The molecule has 0 aliphatic rings. The Balaban J connectivity index is 0. The minimum absolute atomic E-state index is 0.193. The van der Waals surface area contributed by atoms with Crippen molar-refractivity contribution in [3.05, 3.63) is 37.0 Å². The Bertz CT molecular complexity index is 465. The molecule has 1 atom stereocenters. The maximum atomic E-state index is 10.8. The van der Waals surface area contributed by atoms with Gasteiger partial charge in [0.2, 0.25) is 0 Å². The molecule has 1 unspecified atom stereocenters. The molecule has 0 aliphatic carbocycles. The molecular weight excluding hydrogens is 324 g/mol. The zero-order chi connectivity index (χ0) is 19.7. The second kappa shape index (κ2) is 16.5. The van der Waals surface area contributed by atoms with Gasteiger partial charge in [-0.25, -0.2) is 14.4 Å². The number of esters is 2. The van der Waals surface area contributed by atoms with Crippen LogP contribution in [-0.2, 0) is 23.9 Å². The summed E-state index contributed by atoms with van der Waals surface area (Å²) in [5.41, 5.74) is 0.231. The highest BCUT2D eigenvalue weighted by molar-refractivity contribution is 5.88. The monoisotopic (exact) mass is 354 g/mol. The summed E-state index contributed by atoms with van der Waals surface area (Å²) in [5, 5.41) is 8.19. The van der Waals surface area contributed by atoms with E-state index in [1.807, 2.05) is 0 Å². The lowest BCUT2D eigenvalue weighted by Crippen LogP contribution is -2.12. The number of carbonyl (C=O) groups excluding carboxylic acids is 2. The Hall–Kier alpha value is -2.37. The SMILES string of the molecule is C=C(CC=CC(=O)O)C(=O)OC.C=CC(=O)OCC(CC)CCCC. The van der Waals surface area contributed by atoms with Gasteiger partial charge in [0.05, 0.1) is 13.7 Å². The molecule has 0 aromatic heterocycles. The van der Waals surface area contributed by atoms with Crippen molar-refractivity contribution in [2.24, 2.45) is 5.92 Å². The highest BCUT2D eigenvalue weighted by Gasteiger charge is 2.07. The summed E-state index contributed by atoms with van der Waals surface area (Å²) >= 11 is 0. The van der Waals surface area contributed by atoms with E-state index in [1.165, 1.54) is 32.1 Å². The number of aliphatic carboxylic acids is 1. The topological polar surface area (TPSA) is 89.9 Å². The molecule has 1 N–H and O–H groups in total. The quantitative estimate of drug-likeness (QED) is 0.450. The molecule has 0 saturated carbocycles. The van der Waals surface area contributed by atoms with Crippen molar-refractivity contribution >= 4 is 17.9 Å². The molecule has 6 heteroatoms. The van der Waals surface area contributed by atoms with Crippen LogP contribution in [-0.4, -0.2) is 36.7 Å². The molecule has 25 heavy (non-hydrogen) atoms. The number of ether oxygens (including phenoxy) is 2. The van der Waals surface area contributed by atoms with E-state index in [9.17, 15) is 14.4 Å². The van der Waals surface area contributed by atoms with Crippen molar-refractivity contribution in [1.29, 1.82) is 0 Å². The van der Waals surface area contributed by atoms with E-state index in [1.54, 1.807) is 0 Å². The fraction of sp³-hybridized carbons (Fsp3) is 0.526. The first-order chi connectivity index (χ1) is 11.8. The number of allylic oxidation sites excluding steroid dienone is 1. The van der Waals surface area contributed by atoms with Crippen LogP contribution in [0.4, 0.5) is 0 Å². The van der Waals surface area contributed by atoms with Crippen molar-refractivity contribution in [3.63, 3.8) is 0 Å². The molecule has 0 aromatic rings. The lowest BCUT2D eigenvalue weighted by atomic mass is 10.0. The first kappa shape index (κ1) is 24.9. The standard InChI is InChI=1S/C11H20O2.C8H10O4/c1-4-7-8-10(5-2)9-13-11(12)6-3;1-6(8(11)12-2)4-3-5-7(9)10/h6,10H,3-5,7-9H2,1-2H3;3,5H,1,4H2,2H3,(H,9,10). The molecule has 6 nitrogen and oxygen atoms in total. The zero-order valence-electron chi connectivity index (χ0n) is 15.5. The van der Waals surface area contributed by atoms with Crippen molar-refractivity contribution in [2.75, 3.05) is 13.7 Å². The largest absolute Gasteiger partial charge is 0.478 e. The third kappa shape index (κ3) is 16.3. The molecule has 0 rings (SSSR count). The van der Waals surface area contributed by atoms with E-state index >= 15 is 0 Å². The van der Waals surface area contributed by atoms with Gasteiger partial charge in [-0.15, -0.1) is 0 Å². The van der Waals surface area contributed by atoms with Gasteiger partial charge in [0.15, 0.2) is 0 Å². The molecular formula is C19H30O6. The zero-order valence-corrected chi connectivity index (χ0v) is 15.5. The highest BCUT2D eigenvalue weighted by atomic mass is 16.5. The van der Waals surface area contributed by atoms with E-state index in [2.05, 4.69) is 31.7 Å². The maximum Gasteiger partial charge on any atom is 0.333 e. The number of methoxy groups -OCH3 is 1. The number of rotatable bonds is 11. The molecule has 0 amide bonds. The van der Waals surface area contributed by atoms with Crippen molar-refractivity contribution in [2.45, 2.75) is 46.0 Å². The summed E-state index contributed by atoms with van der Waals surface area (Å²) in [5.74, 6) is -1.36. The predicted molar refractivity (Wildman–Crippen MR) is 97.0 cm³/mol. The molecule has 0 radical (unpaired) electrons. The fourth-order valence-corrected chi connectivity index (χ4v) is 1.69. The van der Waals surface area contributed by atoms with Gasteiger partial charge in [-0.2, -0.15) is 0 Å². The van der Waals surface area contributed by atoms with Crippen LogP contribution in [0.15, 0.2) is 37.0 Å². The smallest absolute Gasteiger partial charge is 0.333 e.